The third-order valence-electron chi connectivity index (χ3n) is 3.40. The van der Waals surface area contributed by atoms with Crippen molar-refractivity contribution in [2.45, 2.75) is 30.9 Å². The Balaban J connectivity index is 1.61. The van der Waals surface area contributed by atoms with Gasteiger partial charge >= 0.3 is 0 Å². The van der Waals surface area contributed by atoms with Crippen LogP contribution in [-0.2, 0) is 5.75 Å². The Morgan fingerprint density at radius 3 is 2.63 bits per heavy atom. The molecule has 4 N–H and O–H groups in total. The molecule has 0 unspecified atom stereocenters. The number of benzene rings is 1. The number of hydrogen-bond donors (Lipinski definition) is 3. The third kappa shape index (κ3) is 6.04. The van der Waals surface area contributed by atoms with E-state index in [4.69, 9.17) is 5.73 Å². The van der Waals surface area contributed by atoms with E-state index in [1.54, 1.807) is 0 Å². The maximum absolute atomic E-state index is 5.83. The van der Waals surface area contributed by atoms with Crippen LogP contribution in [0.25, 0.3) is 0 Å². The molecule has 0 spiro atoms. The van der Waals surface area contributed by atoms with Gasteiger partial charge in [0.25, 0.3) is 0 Å². The van der Waals surface area contributed by atoms with Crippen molar-refractivity contribution in [2.75, 3.05) is 22.9 Å². The molecule has 0 aliphatic rings. The molecule has 8 nitrogen and oxygen atoms in total. The molecule has 0 bridgehead atoms. The van der Waals surface area contributed by atoms with Crippen molar-refractivity contribution in [1.82, 2.24) is 25.1 Å². The molecule has 10 heteroatoms. The van der Waals surface area contributed by atoms with E-state index in [-0.39, 0.29) is 5.95 Å². The molecule has 3 rings (SSSR count). The molecular formula is C17H22N8S2. The largest absolute Gasteiger partial charge is 0.368 e. The number of aromatic nitrogens is 5. The van der Waals surface area contributed by atoms with Crippen LogP contribution >= 0.6 is 23.1 Å². The number of nitrogen functional groups attached to an aromatic ring is 1. The summed E-state index contributed by atoms with van der Waals surface area (Å²) in [6.07, 6.45) is 0. The molecule has 1 aromatic carbocycles. The minimum atomic E-state index is 0.187. The second-order valence-electron chi connectivity index (χ2n) is 6.36. The van der Waals surface area contributed by atoms with E-state index in [9.17, 15) is 0 Å². The SMILES string of the molecule is Cc1ccc(Nc2nc(N)nc(CSc3nnc(NCC(C)C)s3)n2)cc1. The van der Waals surface area contributed by atoms with Crippen LogP contribution in [0.5, 0.6) is 0 Å². The Bertz CT molecular complexity index is 879. The van der Waals surface area contributed by atoms with Gasteiger partial charge in [0, 0.05) is 12.2 Å². The zero-order valence-electron chi connectivity index (χ0n) is 15.4. The number of anilines is 4. The first kappa shape index (κ1) is 19.3. The summed E-state index contributed by atoms with van der Waals surface area (Å²) >= 11 is 3.04. The van der Waals surface area contributed by atoms with Crippen LogP contribution in [-0.4, -0.2) is 31.7 Å². The van der Waals surface area contributed by atoms with Crippen molar-refractivity contribution < 1.29 is 0 Å². The fourth-order valence-electron chi connectivity index (χ4n) is 2.08. The average molecular weight is 403 g/mol. The smallest absolute Gasteiger partial charge is 0.232 e. The molecular weight excluding hydrogens is 380 g/mol. The van der Waals surface area contributed by atoms with Crippen molar-refractivity contribution in [3.63, 3.8) is 0 Å². The fraction of sp³-hybridized carbons (Fsp3) is 0.353. The molecule has 0 aliphatic carbocycles. The molecule has 0 atom stereocenters. The van der Waals surface area contributed by atoms with Gasteiger partial charge in [-0.25, -0.2) is 0 Å². The van der Waals surface area contributed by atoms with E-state index in [0.29, 0.717) is 23.4 Å². The lowest BCUT2D eigenvalue weighted by atomic mass is 10.2. The maximum Gasteiger partial charge on any atom is 0.232 e. The normalized spacial score (nSPS) is 11.0. The van der Waals surface area contributed by atoms with Gasteiger partial charge in [-0.3, -0.25) is 0 Å². The first-order chi connectivity index (χ1) is 13.0. The summed E-state index contributed by atoms with van der Waals surface area (Å²) in [7, 11) is 0. The van der Waals surface area contributed by atoms with E-state index in [2.05, 4.69) is 49.6 Å². The second kappa shape index (κ2) is 8.96. The molecule has 2 aromatic heterocycles. The lowest BCUT2D eigenvalue weighted by Crippen LogP contribution is -2.07. The van der Waals surface area contributed by atoms with Crippen molar-refractivity contribution in [3.8, 4) is 0 Å². The van der Waals surface area contributed by atoms with E-state index in [1.807, 2.05) is 31.2 Å². The maximum atomic E-state index is 5.83. The quantitative estimate of drug-likeness (QED) is 0.485. The van der Waals surface area contributed by atoms with Gasteiger partial charge in [0.15, 0.2) is 4.34 Å². The summed E-state index contributed by atoms with van der Waals surface area (Å²) in [5.41, 5.74) is 7.92. The molecule has 0 fully saturated rings. The summed E-state index contributed by atoms with van der Waals surface area (Å²) in [6, 6.07) is 7.97. The van der Waals surface area contributed by atoms with E-state index >= 15 is 0 Å². The molecule has 142 valence electrons. The van der Waals surface area contributed by atoms with E-state index in [0.717, 1.165) is 21.7 Å². The van der Waals surface area contributed by atoms with Gasteiger partial charge in [-0.1, -0.05) is 54.6 Å². The van der Waals surface area contributed by atoms with Crippen LogP contribution in [0.4, 0.5) is 22.7 Å². The summed E-state index contributed by atoms with van der Waals surface area (Å²) < 4.78 is 0.855. The van der Waals surface area contributed by atoms with Crippen molar-refractivity contribution >= 4 is 45.8 Å². The van der Waals surface area contributed by atoms with Crippen LogP contribution in [0.1, 0.15) is 25.2 Å². The Morgan fingerprint density at radius 2 is 1.89 bits per heavy atom. The van der Waals surface area contributed by atoms with E-state index in [1.165, 1.54) is 28.7 Å². The van der Waals surface area contributed by atoms with Crippen molar-refractivity contribution in [1.29, 1.82) is 0 Å². The number of nitrogens with zero attached hydrogens (tertiary/aromatic N) is 5. The Kier molecular flexibility index (Phi) is 6.40. The van der Waals surface area contributed by atoms with Gasteiger partial charge in [-0.2, -0.15) is 15.0 Å². The summed E-state index contributed by atoms with van der Waals surface area (Å²) in [5, 5.41) is 15.6. The van der Waals surface area contributed by atoms with Crippen LogP contribution in [0.2, 0.25) is 0 Å². The van der Waals surface area contributed by atoms with Crippen LogP contribution in [0.3, 0.4) is 0 Å². The molecule has 27 heavy (non-hydrogen) atoms. The van der Waals surface area contributed by atoms with Gasteiger partial charge in [0.05, 0.1) is 5.75 Å². The highest BCUT2D eigenvalue weighted by atomic mass is 32.2. The van der Waals surface area contributed by atoms with Crippen LogP contribution in [0, 0.1) is 12.8 Å². The highest BCUT2D eigenvalue weighted by Gasteiger charge is 2.09. The molecule has 0 saturated carbocycles. The lowest BCUT2D eigenvalue weighted by molar-refractivity contribution is 0.687. The summed E-state index contributed by atoms with van der Waals surface area (Å²) in [6.45, 7) is 7.21. The average Bonchev–Trinajstić information content (AvgIpc) is 3.08. The summed E-state index contributed by atoms with van der Waals surface area (Å²) in [4.78, 5) is 12.8. The highest BCUT2D eigenvalue weighted by Crippen LogP contribution is 2.28. The van der Waals surface area contributed by atoms with Gasteiger partial charge < -0.3 is 16.4 Å². The number of nitrogens with one attached hydrogen (secondary N) is 2. The topological polar surface area (TPSA) is 115 Å². The van der Waals surface area contributed by atoms with Crippen LogP contribution in [0.15, 0.2) is 28.6 Å². The predicted molar refractivity (Wildman–Crippen MR) is 111 cm³/mol. The fourth-order valence-corrected chi connectivity index (χ4v) is 3.70. The molecule has 0 aliphatic heterocycles. The third-order valence-corrected chi connectivity index (χ3v) is 5.41. The number of hydrogen-bond acceptors (Lipinski definition) is 10. The monoisotopic (exact) mass is 402 g/mol. The van der Waals surface area contributed by atoms with Crippen LogP contribution < -0.4 is 16.4 Å². The summed E-state index contributed by atoms with van der Waals surface area (Å²) in [5.74, 6) is 2.30. The van der Waals surface area contributed by atoms with Crippen molar-refractivity contribution in [3.05, 3.63) is 35.7 Å². The number of nitrogens with two attached hydrogens (primary N) is 1. The van der Waals surface area contributed by atoms with Gasteiger partial charge in [-0.15, -0.1) is 10.2 Å². The predicted octanol–water partition coefficient (Wildman–Crippen LogP) is 3.72. The molecule has 3 aromatic rings. The molecule has 0 amide bonds. The number of thioether (sulfide) groups is 1. The Hall–Kier alpha value is -2.46. The molecule has 0 radical (unpaired) electrons. The first-order valence-electron chi connectivity index (χ1n) is 8.52. The van der Waals surface area contributed by atoms with Gasteiger partial charge in [0.1, 0.15) is 5.82 Å². The first-order valence-corrected chi connectivity index (χ1v) is 10.3. The Morgan fingerprint density at radius 1 is 1.11 bits per heavy atom. The number of rotatable bonds is 8. The zero-order valence-corrected chi connectivity index (χ0v) is 17.1. The standard InChI is InChI=1S/C17H22N8S2/c1-10(2)8-19-16-24-25-17(27-16)26-9-13-21-14(18)23-15(22-13)20-12-6-4-11(3)5-7-12/h4-7,10H,8-9H2,1-3H3,(H,19,24)(H3,18,20,21,22,23). The highest BCUT2D eigenvalue weighted by molar-refractivity contribution is 8.00. The zero-order chi connectivity index (χ0) is 19.2. The van der Waals surface area contributed by atoms with Crippen molar-refractivity contribution in [2.24, 2.45) is 5.92 Å². The second-order valence-corrected chi connectivity index (χ2v) is 8.56. The number of aryl methyl sites for hydroxylation is 1. The lowest BCUT2D eigenvalue weighted by Gasteiger charge is -2.07. The van der Waals surface area contributed by atoms with E-state index < -0.39 is 0 Å². The minimum absolute atomic E-state index is 0.187. The van der Waals surface area contributed by atoms with Gasteiger partial charge in [-0.05, 0) is 25.0 Å². The molecule has 0 saturated heterocycles. The molecule has 2 heterocycles. The Labute approximate surface area is 166 Å². The van der Waals surface area contributed by atoms with Gasteiger partial charge in [0.2, 0.25) is 17.0 Å². The minimum Gasteiger partial charge on any atom is -0.368 e.